The number of anilines is 1. The first-order valence-electron chi connectivity index (χ1n) is 11.1. The molecule has 0 bridgehead atoms. The van der Waals surface area contributed by atoms with Gasteiger partial charge in [-0.05, 0) is 43.4 Å². The number of benzene rings is 2. The molecule has 3 atom stereocenters. The minimum atomic E-state index is -0.333. The summed E-state index contributed by atoms with van der Waals surface area (Å²) in [5, 5.41) is 3.57. The van der Waals surface area contributed by atoms with Gasteiger partial charge in [-0.3, -0.25) is 4.79 Å². The van der Waals surface area contributed by atoms with Gasteiger partial charge in [-0.2, -0.15) is 0 Å². The van der Waals surface area contributed by atoms with E-state index in [4.69, 9.17) is 4.74 Å². The zero-order valence-corrected chi connectivity index (χ0v) is 18.6. The van der Waals surface area contributed by atoms with E-state index < -0.39 is 0 Å². The van der Waals surface area contributed by atoms with Crippen LogP contribution >= 0.6 is 0 Å². The number of rotatable bonds is 7. The molecule has 2 aliphatic rings. The molecule has 3 aromatic rings. The van der Waals surface area contributed by atoms with Crippen LogP contribution in [0.3, 0.4) is 0 Å². The lowest BCUT2D eigenvalue weighted by atomic mass is 9.92. The fraction of sp³-hybridized carbons (Fsp3) is 0.250. The summed E-state index contributed by atoms with van der Waals surface area (Å²) in [6.45, 7) is 4.04. The fourth-order valence-electron chi connectivity index (χ4n) is 5.17. The zero-order valence-electron chi connectivity index (χ0n) is 18.6. The van der Waals surface area contributed by atoms with E-state index in [-0.39, 0.29) is 17.7 Å². The number of H-pyrrole nitrogens is 1. The Labute approximate surface area is 189 Å². The topological polar surface area (TPSA) is 54.1 Å². The number of allylic oxidation sites excluding steroid dienone is 4. The Hall–Kier alpha value is -3.53. The molecular formula is C28H28N2O2. The maximum absolute atomic E-state index is 14.2. The summed E-state index contributed by atoms with van der Waals surface area (Å²) < 4.78 is 5.40. The van der Waals surface area contributed by atoms with Crippen molar-refractivity contribution in [2.24, 2.45) is 17.8 Å². The highest BCUT2D eigenvalue weighted by Crippen LogP contribution is 2.53. The molecule has 2 N–H and O–H groups in total. The number of hydrogen-bond donors (Lipinski definition) is 2. The summed E-state index contributed by atoms with van der Waals surface area (Å²) in [4.78, 5) is 17.6. The van der Waals surface area contributed by atoms with Gasteiger partial charge in [0.25, 0.3) is 0 Å². The largest absolute Gasteiger partial charge is 0.497 e. The van der Waals surface area contributed by atoms with Gasteiger partial charge in [-0.25, -0.2) is 0 Å². The van der Waals surface area contributed by atoms with E-state index in [0.29, 0.717) is 11.8 Å². The van der Waals surface area contributed by atoms with Crippen molar-refractivity contribution < 1.29 is 9.53 Å². The number of ether oxygens (including phenoxy) is 1. The van der Waals surface area contributed by atoms with Crippen LogP contribution in [-0.4, -0.2) is 23.9 Å². The molecule has 1 heterocycles. The molecule has 2 aromatic carbocycles. The monoisotopic (exact) mass is 424 g/mol. The quantitative estimate of drug-likeness (QED) is 0.460. The zero-order chi connectivity index (χ0) is 22.2. The molecule has 1 saturated carbocycles. The number of ketones is 1. The molecule has 162 valence electrons. The molecule has 0 spiro atoms. The molecular weight excluding hydrogens is 396 g/mol. The average molecular weight is 425 g/mol. The van der Waals surface area contributed by atoms with Crippen LogP contribution in [0.15, 0.2) is 78.9 Å². The van der Waals surface area contributed by atoms with E-state index in [1.165, 1.54) is 0 Å². The summed E-state index contributed by atoms with van der Waals surface area (Å²) in [7, 11) is 1.66. The van der Waals surface area contributed by atoms with E-state index in [0.717, 1.165) is 39.5 Å². The number of aromatic amines is 1. The van der Waals surface area contributed by atoms with Crippen LogP contribution in [0.1, 0.15) is 21.7 Å². The first-order chi connectivity index (χ1) is 15.6. The minimum absolute atomic E-state index is 0.134. The second-order valence-corrected chi connectivity index (χ2v) is 8.71. The minimum Gasteiger partial charge on any atom is -0.497 e. The molecule has 0 aliphatic heterocycles. The Morgan fingerprint density at radius 1 is 0.969 bits per heavy atom. The molecule has 4 nitrogen and oxygen atoms in total. The number of hydrogen-bond acceptors (Lipinski definition) is 3. The smallest absolute Gasteiger partial charge is 0.187 e. The number of aryl methyl sites for hydroxylation is 2. The molecule has 1 aromatic heterocycles. The van der Waals surface area contributed by atoms with E-state index in [2.05, 4.69) is 46.7 Å². The van der Waals surface area contributed by atoms with Crippen molar-refractivity contribution in [3.63, 3.8) is 0 Å². The van der Waals surface area contributed by atoms with Gasteiger partial charge in [0, 0.05) is 40.2 Å². The van der Waals surface area contributed by atoms with Crippen molar-refractivity contribution in [2.45, 2.75) is 19.9 Å². The third kappa shape index (κ3) is 3.56. The molecule has 5 rings (SSSR count). The highest BCUT2D eigenvalue weighted by molar-refractivity contribution is 6.08. The van der Waals surface area contributed by atoms with E-state index >= 15 is 0 Å². The van der Waals surface area contributed by atoms with Crippen molar-refractivity contribution in [3.05, 3.63) is 95.9 Å². The highest BCUT2D eigenvalue weighted by Gasteiger charge is 2.54. The average Bonchev–Trinajstić information content (AvgIpc) is 3.46. The van der Waals surface area contributed by atoms with Crippen molar-refractivity contribution in [1.82, 2.24) is 4.98 Å². The first kappa shape index (κ1) is 20.4. The predicted octanol–water partition coefficient (Wildman–Crippen LogP) is 5.96. The molecule has 2 aliphatic carbocycles. The Balaban J connectivity index is 1.56. The molecule has 3 unspecified atom stereocenters. The predicted molar refractivity (Wildman–Crippen MR) is 129 cm³/mol. The summed E-state index contributed by atoms with van der Waals surface area (Å²) in [5.74, 6) is 1.92. The number of carbonyl (C=O) groups is 1. The number of methoxy groups -OCH3 is 1. The van der Waals surface area contributed by atoms with E-state index in [1.54, 1.807) is 7.11 Å². The van der Waals surface area contributed by atoms with Gasteiger partial charge in [0.15, 0.2) is 5.78 Å². The number of carbonyl (C=O) groups excluding carboxylic acids is 1. The Bertz CT molecular complexity index is 1190. The summed E-state index contributed by atoms with van der Waals surface area (Å²) in [6.07, 6.45) is 8.65. The Morgan fingerprint density at radius 2 is 1.69 bits per heavy atom. The lowest BCUT2D eigenvalue weighted by Crippen LogP contribution is -2.33. The SMILES string of the molecule is COc1cccc(NC(C(=O)c2c(C)[nH]c(C)c2-c2ccccc2)C2C3C=CC=CC32)c1. The van der Waals surface area contributed by atoms with Crippen LogP contribution in [-0.2, 0) is 0 Å². The maximum atomic E-state index is 14.2. The fourth-order valence-corrected chi connectivity index (χ4v) is 5.17. The van der Waals surface area contributed by atoms with Gasteiger partial charge in [-0.15, -0.1) is 0 Å². The van der Waals surface area contributed by atoms with Crippen molar-refractivity contribution >= 4 is 11.5 Å². The number of nitrogens with one attached hydrogen (secondary N) is 2. The normalized spacial score (nSPS) is 21.7. The Morgan fingerprint density at radius 3 is 2.38 bits per heavy atom. The number of aromatic nitrogens is 1. The second kappa shape index (κ2) is 8.19. The lowest BCUT2D eigenvalue weighted by Gasteiger charge is -2.21. The Kier molecular flexibility index (Phi) is 5.22. The molecule has 1 fully saturated rings. The number of fused-ring (bicyclic) bond motifs is 1. The van der Waals surface area contributed by atoms with Crippen molar-refractivity contribution in [3.8, 4) is 16.9 Å². The highest BCUT2D eigenvalue weighted by atomic mass is 16.5. The second-order valence-electron chi connectivity index (χ2n) is 8.71. The van der Waals surface area contributed by atoms with Gasteiger partial charge < -0.3 is 15.0 Å². The third-order valence-electron chi connectivity index (χ3n) is 6.71. The number of Topliss-reactive ketones (excluding diaryl/α,β-unsaturated/α-hetero) is 1. The third-order valence-corrected chi connectivity index (χ3v) is 6.71. The van der Waals surface area contributed by atoms with Crippen LogP contribution in [0.2, 0.25) is 0 Å². The first-order valence-corrected chi connectivity index (χ1v) is 11.1. The van der Waals surface area contributed by atoms with Crippen LogP contribution in [0.4, 0.5) is 5.69 Å². The van der Waals surface area contributed by atoms with Crippen molar-refractivity contribution in [2.75, 3.05) is 12.4 Å². The molecule has 0 saturated heterocycles. The molecule has 0 amide bonds. The molecule has 0 radical (unpaired) electrons. The maximum Gasteiger partial charge on any atom is 0.187 e. The van der Waals surface area contributed by atoms with Crippen LogP contribution in [0, 0.1) is 31.6 Å². The summed E-state index contributed by atoms with van der Waals surface area (Å²) in [5.41, 5.74) is 5.67. The van der Waals surface area contributed by atoms with Gasteiger partial charge in [0.1, 0.15) is 5.75 Å². The molecule has 4 heteroatoms. The van der Waals surface area contributed by atoms with Gasteiger partial charge in [0.05, 0.1) is 13.2 Å². The van der Waals surface area contributed by atoms with Crippen LogP contribution in [0.25, 0.3) is 11.1 Å². The lowest BCUT2D eigenvalue weighted by molar-refractivity contribution is 0.0958. The summed E-state index contributed by atoms with van der Waals surface area (Å²) >= 11 is 0. The van der Waals surface area contributed by atoms with Gasteiger partial charge in [-0.1, -0.05) is 60.7 Å². The van der Waals surface area contributed by atoms with Crippen LogP contribution in [0.5, 0.6) is 5.75 Å². The van der Waals surface area contributed by atoms with Gasteiger partial charge >= 0.3 is 0 Å². The van der Waals surface area contributed by atoms with E-state index in [1.807, 2.05) is 56.3 Å². The summed E-state index contributed by atoms with van der Waals surface area (Å²) in [6, 6.07) is 17.6. The standard InChI is InChI=1S/C28H28N2O2/c1-17-24(19-10-5-4-6-11-19)25(18(2)29-17)28(31)27(26-22-14-7-8-15-23(22)26)30-20-12-9-13-21(16-20)32-3/h4-16,22-23,26-27,29-30H,1-3H3. The van der Waals surface area contributed by atoms with Crippen LogP contribution < -0.4 is 10.1 Å². The molecule has 32 heavy (non-hydrogen) atoms. The van der Waals surface area contributed by atoms with Crippen molar-refractivity contribution in [1.29, 1.82) is 0 Å². The van der Waals surface area contributed by atoms with Gasteiger partial charge in [0.2, 0.25) is 0 Å². The van der Waals surface area contributed by atoms with E-state index in [9.17, 15) is 4.79 Å².